The predicted molar refractivity (Wildman–Crippen MR) is 63.0 cm³/mol. The van der Waals surface area contributed by atoms with E-state index in [1.807, 2.05) is 6.92 Å². The summed E-state index contributed by atoms with van der Waals surface area (Å²) in [4.78, 5) is 0. The first-order valence-corrected chi connectivity index (χ1v) is 5.40. The van der Waals surface area contributed by atoms with E-state index in [1.165, 1.54) is 12.1 Å². The second-order valence-corrected chi connectivity index (χ2v) is 3.93. The number of alkyl halides is 2. The Morgan fingerprint density at radius 1 is 1.41 bits per heavy atom. The van der Waals surface area contributed by atoms with Crippen LogP contribution in [0.5, 0.6) is 5.75 Å². The molecule has 0 amide bonds. The van der Waals surface area contributed by atoms with Gasteiger partial charge in [0.1, 0.15) is 5.75 Å². The predicted octanol–water partition coefficient (Wildman–Crippen LogP) is 3.39. The van der Waals surface area contributed by atoms with Gasteiger partial charge in [-0.1, -0.05) is 11.6 Å². The lowest BCUT2D eigenvalue weighted by Crippen LogP contribution is -2.20. The quantitative estimate of drug-likeness (QED) is 0.855. The van der Waals surface area contributed by atoms with E-state index in [9.17, 15) is 8.78 Å². The highest BCUT2D eigenvalue weighted by Gasteiger charge is 2.09. The Labute approximate surface area is 104 Å². The fraction of sp³-hybridized carbons (Fsp3) is 0.455. The number of rotatable bonds is 6. The summed E-state index contributed by atoms with van der Waals surface area (Å²) in [7, 11) is 1.60. The number of anilines is 1. The second kappa shape index (κ2) is 6.61. The van der Waals surface area contributed by atoms with Gasteiger partial charge in [0.2, 0.25) is 0 Å². The highest BCUT2D eigenvalue weighted by molar-refractivity contribution is 6.32. The van der Waals surface area contributed by atoms with Gasteiger partial charge in [-0.15, -0.1) is 0 Å². The van der Waals surface area contributed by atoms with E-state index < -0.39 is 6.61 Å². The molecule has 0 aliphatic heterocycles. The van der Waals surface area contributed by atoms with Crippen LogP contribution >= 0.6 is 11.6 Å². The molecule has 0 fully saturated rings. The van der Waals surface area contributed by atoms with Crippen molar-refractivity contribution in [2.75, 3.05) is 19.0 Å². The van der Waals surface area contributed by atoms with Crippen LogP contribution in [0.4, 0.5) is 14.5 Å². The fourth-order valence-electron chi connectivity index (χ4n) is 1.36. The maximum Gasteiger partial charge on any atom is 0.387 e. The van der Waals surface area contributed by atoms with Crippen molar-refractivity contribution in [1.29, 1.82) is 0 Å². The van der Waals surface area contributed by atoms with Gasteiger partial charge in [0, 0.05) is 18.8 Å². The van der Waals surface area contributed by atoms with Crippen molar-refractivity contribution in [3.63, 3.8) is 0 Å². The molecule has 1 N–H and O–H groups in total. The van der Waals surface area contributed by atoms with Crippen LogP contribution in [0.1, 0.15) is 6.92 Å². The molecule has 6 heteroatoms. The number of hydrogen-bond acceptors (Lipinski definition) is 3. The van der Waals surface area contributed by atoms with Crippen LogP contribution < -0.4 is 10.1 Å². The molecule has 0 saturated carbocycles. The summed E-state index contributed by atoms with van der Waals surface area (Å²) in [6.07, 6.45) is 0. The third kappa shape index (κ3) is 4.75. The molecule has 1 aromatic rings. The molecule has 0 aliphatic rings. The summed E-state index contributed by atoms with van der Waals surface area (Å²) < 4.78 is 33.2. The first-order chi connectivity index (χ1) is 8.02. The van der Waals surface area contributed by atoms with E-state index in [0.717, 1.165) is 5.69 Å². The Morgan fingerprint density at radius 2 is 2.12 bits per heavy atom. The van der Waals surface area contributed by atoms with Gasteiger partial charge in [0.15, 0.2) is 0 Å². The zero-order chi connectivity index (χ0) is 12.8. The van der Waals surface area contributed by atoms with E-state index in [1.54, 1.807) is 13.2 Å². The van der Waals surface area contributed by atoms with Gasteiger partial charge in [-0.3, -0.25) is 0 Å². The standard InChI is InChI=1S/C11H14ClF2NO2/c1-7(6-16-2)15-8-3-4-10(9(12)5-8)17-11(13)14/h3-5,7,11,15H,6H2,1-2H3. The molecule has 96 valence electrons. The summed E-state index contributed by atoms with van der Waals surface area (Å²) in [6.45, 7) is -0.410. The Kier molecular flexibility index (Phi) is 5.44. The summed E-state index contributed by atoms with van der Waals surface area (Å²) in [5.74, 6) is -0.0355. The summed E-state index contributed by atoms with van der Waals surface area (Å²) in [6, 6.07) is 4.65. The Morgan fingerprint density at radius 3 is 2.65 bits per heavy atom. The third-order valence-electron chi connectivity index (χ3n) is 1.98. The van der Waals surface area contributed by atoms with Crippen molar-refractivity contribution in [1.82, 2.24) is 0 Å². The molecule has 1 rings (SSSR count). The van der Waals surface area contributed by atoms with E-state index >= 15 is 0 Å². The molecule has 17 heavy (non-hydrogen) atoms. The molecule has 3 nitrogen and oxygen atoms in total. The van der Waals surface area contributed by atoms with Gasteiger partial charge in [-0.05, 0) is 25.1 Å². The minimum atomic E-state index is -2.88. The van der Waals surface area contributed by atoms with Gasteiger partial charge >= 0.3 is 6.61 Å². The van der Waals surface area contributed by atoms with Crippen LogP contribution in [0.2, 0.25) is 5.02 Å². The fourth-order valence-corrected chi connectivity index (χ4v) is 1.58. The average Bonchev–Trinajstić information content (AvgIpc) is 2.22. The van der Waals surface area contributed by atoms with Gasteiger partial charge in [-0.2, -0.15) is 8.78 Å². The zero-order valence-corrected chi connectivity index (χ0v) is 10.3. The number of nitrogens with one attached hydrogen (secondary N) is 1. The number of hydrogen-bond donors (Lipinski definition) is 1. The van der Waals surface area contributed by atoms with Crippen molar-refractivity contribution >= 4 is 17.3 Å². The Balaban J connectivity index is 2.68. The number of ether oxygens (including phenoxy) is 2. The molecule has 0 spiro atoms. The highest BCUT2D eigenvalue weighted by atomic mass is 35.5. The molecular weight excluding hydrogens is 252 g/mol. The molecular formula is C11H14ClF2NO2. The monoisotopic (exact) mass is 265 g/mol. The van der Waals surface area contributed by atoms with E-state index in [0.29, 0.717) is 6.61 Å². The van der Waals surface area contributed by atoms with Crippen molar-refractivity contribution in [2.45, 2.75) is 19.6 Å². The minimum absolute atomic E-state index is 0.0355. The molecule has 0 bridgehead atoms. The molecule has 1 aromatic carbocycles. The van der Waals surface area contributed by atoms with Crippen LogP contribution in [0, 0.1) is 0 Å². The van der Waals surface area contributed by atoms with Gasteiger partial charge in [-0.25, -0.2) is 0 Å². The van der Waals surface area contributed by atoms with E-state index in [4.69, 9.17) is 16.3 Å². The van der Waals surface area contributed by atoms with Crippen LogP contribution in [0.25, 0.3) is 0 Å². The van der Waals surface area contributed by atoms with Crippen LogP contribution in [-0.4, -0.2) is 26.4 Å². The maximum atomic E-state index is 12.0. The number of benzene rings is 1. The van der Waals surface area contributed by atoms with Crippen LogP contribution in [-0.2, 0) is 4.74 Å². The molecule has 0 radical (unpaired) electrons. The summed E-state index contributed by atoms with van der Waals surface area (Å²) in [5.41, 5.74) is 0.723. The largest absolute Gasteiger partial charge is 0.433 e. The minimum Gasteiger partial charge on any atom is -0.433 e. The Hall–Kier alpha value is -1.07. The normalized spacial score (nSPS) is 12.6. The molecule has 1 atom stereocenters. The average molecular weight is 266 g/mol. The van der Waals surface area contributed by atoms with Crippen molar-refractivity contribution in [3.05, 3.63) is 23.2 Å². The lowest BCUT2D eigenvalue weighted by molar-refractivity contribution is -0.0497. The molecule has 0 heterocycles. The number of halogens is 3. The first-order valence-electron chi connectivity index (χ1n) is 5.02. The maximum absolute atomic E-state index is 12.0. The summed E-state index contributed by atoms with van der Waals surface area (Å²) in [5, 5.41) is 3.25. The molecule has 0 aliphatic carbocycles. The lowest BCUT2D eigenvalue weighted by atomic mass is 10.2. The smallest absolute Gasteiger partial charge is 0.387 e. The van der Waals surface area contributed by atoms with E-state index in [2.05, 4.69) is 10.1 Å². The van der Waals surface area contributed by atoms with Gasteiger partial charge < -0.3 is 14.8 Å². The van der Waals surface area contributed by atoms with Gasteiger partial charge in [0.25, 0.3) is 0 Å². The first kappa shape index (κ1) is 14.0. The SMILES string of the molecule is COCC(C)Nc1ccc(OC(F)F)c(Cl)c1. The highest BCUT2D eigenvalue weighted by Crippen LogP contribution is 2.29. The van der Waals surface area contributed by atoms with Gasteiger partial charge in [0.05, 0.1) is 11.6 Å². The summed E-state index contributed by atoms with van der Waals surface area (Å²) >= 11 is 5.80. The molecule has 0 saturated heterocycles. The van der Waals surface area contributed by atoms with Crippen molar-refractivity contribution in [2.24, 2.45) is 0 Å². The Bertz CT molecular complexity index is 363. The van der Waals surface area contributed by atoms with Crippen molar-refractivity contribution < 1.29 is 18.3 Å². The van der Waals surface area contributed by atoms with E-state index in [-0.39, 0.29) is 16.8 Å². The second-order valence-electron chi connectivity index (χ2n) is 3.52. The zero-order valence-electron chi connectivity index (χ0n) is 9.54. The topological polar surface area (TPSA) is 30.5 Å². The third-order valence-corrected chi connectivity index (χ3v) is 2.27. The van der Waals surface area contributed by atoms with Crippen molar-refractivity contribution in [3.8, 4) is 5.75 Å². The number of methoxy groups -OCH3 is 1. The molecule has 0 aromatic heterocycles. The lowest BCUT2D eigenvalue weighted by Gasteiger charge is -2.15. The molecule has 1 unspecified atom stereocenters. The van der Waals surface area contributed by atoms with Crippen LogP contribution in [0.15, 0.2) is 18.2 Å². The van der Waals surface area contributed by atoms with Crippen LogP contribution in [0.3, 0.4) is 0 Å².